The quantitative estimate of drug-likeness (QED) is 0.571. The van der Waals surface area contributed by atoms with Crippen molar-refractivity contribution in [3.8, 4) is 0 Å². The third-order valence-electron chi connectivity index (χ3n) is 1.68. The summed E-state index contributed by atoms with van der Waals surface area (Å²) in [5, 5.41) is 9.95. The number of aliphatic hydroxyl groups excluding tert-OH is 1. The van der Waals surface area contributed by atoms with Crippen LogP contribution in [0.1, 0.15) is 12.8 Å². The molecule has 1 fully saturated rings. The molecule has 1 aliphatic heterocycles. The highest BCUT2D eigenvalue weighted by Gasteiger charge is 2.30. The van der Waals surface area contributed by atoms with Crippen LogP contribution in [0.2, 0.25) is 0 Å². The summed E-state index contributed by atoms with van der Waals surface area (Å²) < 4.78 is 0. The fourth-order valence-corrected chi connectivity index (χ4v) is 1.14. The van der Waals surface area contributed by atoms with Gasteiger partial charge in [-0.15, -0.1) is 0 Å². The predicted molar refractivity (Wildman–Crippen MR) is 34.0 cm³/mol. The minimum absolute atomic E-state index is 0.0143. The molecule has 1 aliphatic rings. The third kappa shape index (κ3) is 1.12. The summed E-state index contributed by atoms with van der Waals surface area (Å²) in [4.78, 5) is 15.6. The summed E-state index contributed by atoms with van der Waals surface area (Å²) in [7, 11) is 1.44. The van der Waals surface area contributed by atoms with Gasteiger partial charge in [-0.05, 0) is 6.42 Å². The highest BCUT2D eigenvalue weighted by molar-refractivity contribution is 5.77. The summed E-state index contributed by atoms with van der Waals surface area (Å²) >= 11 is 0. The molecule has 0 unspecified atom stereocenters. The summed E-state index contributed by atoms with van der Waals surface area (Å²) in [6.45, 7) is -0.0143. The van der Waals surface area contributed by atoms with Crippen molar-refractivity contribution in [1.29, 1.82) is 0 Å². The van der Waals surface area contributed by atoms with E-state index in [-0.39, 0.29) is 18.6 Å². The molecule has 0 spiro atoms. The van der Waals surface area contributed by atoms with E-state index < -0.39 is 0 Å². The first-order chi connectivity index (χ1) is 4.79. The molecule has 10 heavy (non-hydrogen) atoms. The van der Waals surface area contributed by atoms with Crippen LogP contribution in [0.4, 0.5) is 0 Å². The van der Waals surface area contributed by atoms with Gasteiger partial charge in [-0.2, -0.15) is 0 Å². The molecule has 1 rings (SSSR count). The van der Waals surface area contributed by atoms with Crippen molar-refractivity contribution in [2.75, 3.05) is 13.7 Å². The molecule has 4 nitrogen and oxygen atoms in total. The topological polar surface area (TPSA) is 49.8 Å². The van der Waals surface area contributed by atoms with E-state index >= 15 is 0 Å². The van der Waals surface area contributed by atoms with Gasteiger partial charge < -0.3 is 5.11 Å². The Morgan fingerprint density at radius 1 is 1.90 bits per heavy atom. The molecule has 0 aromatic rings. The summed E-state index contributed by atoms with van der Waals surface area (Å²) in [6, 6.07) is -0.127. The molecule has 1 saturated heterocycles. The Hall–Kier alpha value is -0.610. The molecule has 0 bridgehead atoms. The SMILES string of the molecule is CON1C(=O)CC[C@H]1CO. The van der Waals surface area contributed by atoms with Crippen LogP contribution in [0.5, 0.6) is 0 Å². The number of nitrogens with zero attached hydrogens (tertiary/aromatic N) is 1. The molecule has 0 aromatic carbocycles. The van der Waals surface area contributed by atoms with Crippen LogP contribution in [-0.4, -0.2) is 35.8 Å². The number of hydroxylamine groups is 2. The van der Waals surface area contributed by atoms with Crippen molar-refractivity contribution in [2.45, 2.75) is 18.9 Å². The zero-order valence-corrected chi connectivity index (χ0v) is 5.91. The molecule has 1 heterocycles. The first kappa shape index (κ1) is 7.50. The van der Waals surface area contributed by atoms with Gasteiger partial charge in [0.1, 0.15) is 0 Å². The number of amides is 1. The lowest BCUT2D eigenvalue weighted by Crippen LogP contribution is -2.34. The van der Waals surface area contributed by atoms with Crippen LogP contribution in [-0.2, 0) is 9.63 Å². The van der Waals surface area contributed by atoms with Crippen molar-refractivity contribution in [3.05, 3.63) is 0 Å². The number of carbonyl (C=O) groups excluding carboxylic acids is 1. The van der Waals surface area contributed by atoms with E-state index in [0.717, 1.165) is 0 Å². The van der Waals surface area contributed by atoms with Crippen LogP contribution >= 0.6 is 0 Å². The summed E-state index contributed by atoms with van der Waals surface area (Å²) in [6.07, 6.45) is 1.18. The van der Waals surface area contributed by atoms with Crippen molar-refractivity contribution in [1.82, 2.24) is 5.06 Å². The van der Waals surface area contributed by atoms with Gasteiger partial charge in [0, 0.05) is 6.42 Å². The zero-order valence-electron chi connectivity index (χ0n) is 5.91. The second kappa shape index (κ2) is 2.98. The van der Waals surface area contributed by atoms with Crippen molar-refractivity contribution < 1.29 is 14.7 Å². The lowest BCUT2D eigenvalue weighted by atomic mass is 10.2. The van der Waals surface area contributed by atoms with Gasteiger partial charge in [-0.1, -0.05) is 0 Å². The number of hydrogen-bond donors (Lipinski definition) is 1. The molecule has 1 amide bonds. The zero-order chi connectivity index (χ0) is 7.56. The van der Waals surface area contributed by atoms with Crippen LogP contribution in [0.15, 0.2) is 0 Å². The number of rotatable bonds is 2. The van der Waals surface area contributed by atoms with E-state index in [0.29, 0.717) is 12.8 Å². The third-order valence-corrected chi connectivity index (χ3v) is 1.68. The number of aliphatic hydroxyl groups is 1. The molecule has 0 aromatic heterocycles. The highest BCUT2D eigenvalue weighted by Crippen LogP contribution is 2.17. The Kier molecular flexibility index (Phi) is 2.24. The Morgan fingerprint density at radius 2 is 2.60 bits per heavy atom. The molecule has 0 aliphatic carbocycles. The lowest BCUT2D eigenvalue weighted by Gasteiger charge is -2.18. The van der Waals surface area contributed by atoms with E-state index in [9.17, 15) is 4.79 Å². The summed E-state index contributed by atoms with van der Waals surface area (Å²) in [5.74, 6) is -0.0402. The average molecular weight is 145 g/mol. The van der Waals surface area contributed by atoms with Crippen molar-refractivity contribution >= 4 is 5.91 Å². The van der Waals surface area contributed by atoms with Crippen LogP contribution in [0, 0.1) is 0 Å². The Bertz CT molecular complexity index is 137. The van der Waals surface area contributed by atoms with E-state index in [1.807, 2.05) is 0 Å². The molecule has 58 valence electrons. The molecule has 1 atom stereocenters. The molecule has 1 N–H and O–H groups in total. The Morgan fingerprint density at radius 3 is 3.00 bits per heavy atom. The van der Waals surface area contributed by atoms with Crippen molar-refractivity contribution in [2.24, 2.45) is 0 Å². The molecular weight excluding hydrogens is 134 g/mol. The second-order valence-corrected chi connectivity index (χ2v) is 2.28. The normalized spacial score (nSPS) is 26.0. The van der Waals surface area contributed by atoms with Gasteiger partial charge >= 0.3 is 0 Å². The van der Waals surface area contributed by atoms with Crippen molar-refractivity contribution in [3.63, 3.8) is 0 Å². The minimum atomic E-state index is -0.127. The van der Waals surface area contributed by atoms with Gasteiger partial charge in [0.2, 0.25) is 5.91 Å². The van der Waals surface area contributed by atoms with Gasteiger partial charge in [-0.3, -0.25) is 9.63 Å². The van der Waals surface area contributed by atoms with E-state index in [4.69, 9.17) is 9.94 Å². The van der Waals surface area contributed by atoms with E-state index in [2.05, 4.69) is 0 Å². The van der Waals surface area contributed by atoms with E-state index in [1.54, 1.807) is 0 Å². The molecule has 0 saturated carbocycles. The molecular formula is C6H11NO3. The maximum Gasteiger partial charge on any atom is 0.246 e. The second-order valence-electron chi connectivity index (χ2n) is 2.28. The van der Waals surface area contributed by atoms with Crippen LogP contribution in [0.3, 0.4) is 0 Å². The fraction of sp³-hybridized carbons (Fsp3) is 0.833. The maximum atomic E-state index is 10.9. The van der Waals surface area contributed by atoms with Gasteiger partial charge in [0.25, 0.3) is 0 Å². The lowest BCUT2D eigenvalue weighted by molar-refractivity contribution is -0.180. The fourth-order valence-electron chi connectivity index (χ4n) is 1.14. The number of carbonyl (C=O) groups is 1. The van der Waals surface area contributed by atoms with Gasteiger partial charge in [0.15, 0.2) is 0 Å². The largest absolute Gasteiger partial charge is 0.394 e. The van der Waals surface area contributed by atoms with Crippen LogP contribution in [0.25, 0.3) is 0 Å². The average Bonchev–Trinajstić information content (AvgIpc) is 2.30. The Balaban J connectivity index is 2.54. The minimum Gasteiger partial charge on any atom is -0.394 e. The maximum absolute atomic E-state index is 10.9. The first-order valence-electron chi connectivity index (χ1n) is 3.26. The smallest absolute Gasteiger partial charge is 0.246 e. The standard InChI is InChI=1S/C6H11NO3/c1-10-7-5(4-8)2-3-6(7)9/h5,8H,2-4H2,1H3/t5-/m0/s1. The monoisotopic (exact) mass is 145 g/mol. The number of hydrogen-bond acceptors (Lipinski definition) is 3. The molecule has 0 radical (unpaired) electrons. The highest BCUT2D eigenvalue weighted by atomic mass is 16.7. The van der Waals surface area contributed by atoms with E-state index in [1.165, 1.54) is 12.2 Å². The molecule has 4 heteroatoms. The van der Waals surface area contributed by atoms with Crippen LogP contribution < -0.4 is 0 Å². The predicted octanol–water partition coefficient (Wildman–Crippen LogP) is -0.469. The van der Waals surface area contributed by atoms with Gasteiger partial charge in [0.05, 0.1) is 19.8 Å². The summed E-state index contributed by atoms with van der Waals surface area (Å²) in [5.41, 5.74) is 0. The first-order valence-corrected chi connectivity index (χ1v) is 3.26. The Labute approximate surface area is 59.3 Å². The van der Waals surface area contributed by atoms with Gasteiger partial charge in [-0.25, -0.2) is 5.06 Å².